The number of hydrogen-bond donors (Lipinski definition) is 1. The van der Waals surface area contributed by atoms with Gasteiger partial charge in [-0.3, -0.25) is 0 Å². The van der Waals surface area contributed by atoms with Gasteiger partial charge in [0.25, 0.3) is 0 Å². The van der Waals surface area contributed by atoms with Gasteiger partial charge in [-0.15, -0.1) is 0 Å². The summed E-state index contributed by atoms with van der Waals surface area (Å²) in [6.45, 7) is 6.26. The van der Waals surface area contributed by atoms with Gasteiger partial charge in [0.15, 0.2) is 0 Å². The average molecular weight is 231 g/mol. The normalized spacial score (nSPS) is 17.8. The number of ether oxygens (including phenoxy) is 3. The monoisotopic (exact) mass is 231 g/mol. The Labute approximate surface area is 98.6 Å². The Morgan fingerprint density at radius 2 is 2.00 bits per heavy atom. The van der Waals surface area contributed by atoms with Crippen LogP contribution in [0, 0.1) is 5.92 Å². The molecule has 0 radical (unpaired) electrons. The molecule has 4 nitrogen and oxygen atoms in total. The molecule has 1 rings (SSSR count). The molecule has 1 aliphatic heterocycles. The Morgan fingerprint density at radius 3 is 2.75 bits per heavy atom. The fourth-order valence-corrected chi connectivity index (χ4v) is 1.80. The fourth-order valence-electron chi connectivity index (χ4n) is 1.80. The van der Waals surface area contributed by atoms with E-state index in [1.54, 1.807) is 7.11 Å². The van der Waals surface area contributed by atoms with Crippen LogP contribution in [0.2, 0.25) is 0 Å². The summed E-state index contributed by atoms with van der Waals surface area (Å²) >= 11 is 0. The van der Waals surface area contributed by atoms with Gasteiger partial charge in [-0.1, -0.05) is 0 Å². The van der Waals surface area contributed by atoms with Gasteiger partial charge in [-0.2, -0.15) is 0 Å². The van der Waals surface area contributed by atoms with Crippen molar-refractivity contribution in [2.75, 3.05) is 53.2 Å². The highest BCUT2D eigenvalue weighted by Gasteiger charge is 2.12. The predicted octanol–water partition coefficient (Wildman–Crippen LogP) is 1.06. The summed E-state index contributed by atoms with van der Waals surface area (Å²) in [6, 6.07) is 0. The molecule has 0 bridgehead atoms. The molecule has 16 heavy (non-hydrogen) atoms. The van der Waals surface area contributed by atoms with Crippen LogP contribution >= 0.6 is 0 Å². The Balaban J connectivity index is 1.77. The van der Waals surface area contributed by atoms with Gasteiger partial charge in [0, 0.05) is 26.9 Å². The highest BCUT2D eigenvalue weighted by Crippen LogP contribution is 2.12. The lowest BCUT2D eigenvalue weighted by Crippen LogP contribution is -2.28. The number of methoxy groups -OCH3 is 1. The first-order valence-electron chi connectivity index (χ1n) is 6.28. The molecule has 1 saturated heterocycles. The van der Waals surface area contributed by atoms with Crippen LogP contribution in [0.4, 0.5) is 0 Å². The third-order valence-electron chi connectivity index (χ3n) is 2.85. The molecular formula is C12H25NO3. The molecule has 0 aliphatic carbocycles. The maximum Gasteiger partial charge on any atom is 0.0700 e. The summed E-state index contributed by atoms with van der Waals surface area (Å²) in [7, 11) is 1.69. The van der Waals surface area contributed by atoms with Gasteiger partial charge in [-0.25, -0.2) is 0 Å². The van der Waals surface area contributed by atoms with Crippen LogP contribution in [-0.2, 0) is 14.2 Å². The Kier molecular flexibility index (Phi) is 8.71. The quantitative estimate of drug-likeness (QED) is 0.602. The Morgan fingerprint density at radius 1 is 1.19 bits per heavy atom. The first kappa shape index (κ1) is 13.9. The van der Waals surface area contributed by atoms with Crippen LogP contribution in [0.25, 0.3) is 0 Å². The van der Waals surface area contributed by atoms with Crippen LogP contribution in [0.1, 0.15) is 19.3 Å². The predicted molar refractivity (Wildman–Crippen MR) is 63.7 cm³/mol. The summed E-state index contributed by atoms with van der Waals surface area (Å²) in [5, 5.41) is 3.48. The molecule has 0 amide bonds. The van der Waals surface area contributed by atoms with Crippen LogP contribution in [0.3, 0.4) is 0 Å². The van der Waals surface area contributed by atoms with E-state index in [0.717, 1.165) is 45.2 Å². The van der Waals surface area contributed by atoms with E-state index in [-0.39, 0.29) is 0 Å². The van der Waals surface area contributed by atoms with Gasteiger partial charge in [0.2, 0.25) is 0 Å². The Bertz CT molecular complexity index is 149. The topological polar surface area (TPSA) is 39.7 Å². The smallest absolute Gasteiger partial charge is 0.0700 e. The minimum atomic E-state index is 0.690. The van der Waals surface area contributed by atoms with E-state index in [9.17, 15) is 0 Å². The number of nitrogens with one attached hydrogen (secondary N) is 1. The van der Waals surface area contributed by atoms with E-state index in [0.29, 0.717) is 13.2 Å². The standard InChI is InChI=1S/C12H25NO3/c1-14-9-10-15-6-2-5-13-11-12-3-7-16-8-4-12/h12-13H,2-11H2,1H3. The van der Waals surface area contributed by atoms with Gasteiger partial charge in [0.05, 0.1) is 13.2 Å². The van der Waals surface area contributed by atoms with Crippen molar-refractivity contribution in [3.8, 4) is 0 Å². The summed E-state index contributed by atoms with van der Waals surface area (Å²) in [5.74, 6) is 0.808. The van der Waals surface area contributed by atoms with E-state index >= 15 is 0 Å². The van der Waals surface area contributed by atoms with Crippen molar-refractivity contribution in [1.29, 1.82) is 0 Å². The van der Waals surface area contributed by atoms with Crippen molar-refractivity contribution in [3.05, 3.63) is 0 Å². The fraction of sp³-hybridized carbons (Fsp3) is 1.00. The lowest BCUT2D eigenvalue weighted by atomic mass is 10.0. The largest absolute Gasteiger partial charge is 0.382 e. The summed E-state index contributed by atoms with van der Waals surface area (Å²) < 4.78 is 15.6. The van der Waals surface area contributed by atoms with E-state index in [1.165, 1.54) is 12.8 Å². The summed E-state index contributed by atoms with van der Waals surface area (Å²) in [4.78, 5) is 0. The zero-order valence-corrected chi connectivity index (χ0v) is 10.4. The number of hydrogen-bond acceptors (Lipinski definition) is 4. The molecule has 1 aliphatic rings. The van der Waals surface area contributed by atoms with Crippen LogP contribution in [-0.4, -0.2) is 53.2 Å². The van der Waals surface area contributed by atoms with Crippen molar-refractivity contribution in [1.82, 2.24) is 5.32 Å². The number of rotatable bonds is 9. The van der Waals surface area contributed by atoms with Crippen LogP contribution < -0.4 is 5.32 Å². The molecule has 1 N–H and O–H groups in total. The molecule has 0 aromatic carbocycles. The molecule has 4 heteroatoms. The molecule has 0 spiro atoms. The molecule has 96 valence electrons. The van der Waals surface area contributed by atoms with Crippen molar-refractivity contribution in [3.63, 3.8) is 0 Å². The molecule has 1 heterocycles. The van der Waals surface area contributed by atoms with Crippen LogP contribution in [0.5, 0.6) is 0 Å². The summed E-state index contributed by atoms with van der Waals surface area (Å²) in [6.07, 6.45) is 3.49. The highest BCUT2D eigenvalue weighted by molar-refractivity contribution is 4.65. The zero-order chi connectivity index (χ0) is 11.5. The SMILES string of the molecule is COCCOCCCNCC1CCOCC1. The van der Waals surface area contributed by atoms with Crippen molar-refractivity contribution >= 4 is 0 Å². The lowest BCUT2D eigenvalue weighted by Gasteiger charge is -2.22. The average Bonchev–Trinajstić information content (AvgIpc) is 2.34. The Hall–Kier alpha value is -0.160. The second-order valence-corrected chi connectivity index (χ2v) is 4.22. The minimum absolute atomic E-state index is 0.690. The van der Waals surface area contributed by atoms with Gasteiger partial charge < -0.3 is 19.5 Å². The third-order valence-corrected chi connectivity index (χ3v) is 2.85. The molecule has 0 saturated carbocycles. The molecule has 1 fully saturated rings. The molecule has 0 aromatic heterocycles. The van der Waals surface area contributed by atoms with Crippen molar-refractivity contribution in [2.45, 2.75) is 19.3 Å². The van der Waals surface area contributed by atoms with E-state index < -0.39 is 0 Å². The third kappa shape index (κ3) is 7.17. The lowest BCUT2D eigenvalue weighted by molar-refractivity contribution is 0.0635. The summed E-state index contributed by atoms with van der Waals surface area (Å²) in [5.41, 5.74) is 0. The van der Waals surface area contributed by atoms with Crippen molar-refractivity contribution in [2.24, 2.45) is 5.92 Å². The molecule has 0 aromatic rings. The molecule has 0 atom stereocenters. The zero-order valence-electron chi connectivity index (χ0n) is 10.4. The second-order valence-electron chi connectivity index (χ2n) is 4.22. The van der Waals surface area contributed by atoms with Gasteiger partial charge >= 0.3 is 0 Å². The first-order chi connectivity index (χ1) is 7.93. The first-order valence-corrected chi connectivity index (χ1v) is 6.28. The van der Waals surface area contributed by atoms with E-state index in [4.69, 9.17) is 14.2 Å². The van der Waals surface area contributed by atoms with Gasteiger partial charge in [0.1, 0.15) is 0 Å². The van der Waals surface area contributed by atoms with E-state index in [2.05, 4.69) is 5.32 Å². The highest BCUT2D eigenvalue weighted by atomic mass is 16.5. The van der Waals surface area contributed by atoms with Crippen LogP contribution in [0.15, 0.2) is 0 Å². The second kappa shape index (κ2) is 10.0. The maximum atomic E-state index is 5.38. The van der Waals surface area contributed by atoms with Gasteiger partial charge in [-0.05, 0) is 38.3 Å². The van der Waals surface area contributed by atoms with Crippen molar-refractivity contribution < 1.29 is 14.2 Å². The van der Waals surface area contributed by atoms with E-state index in [1.807, 2.05) is 0 Å². The maximum absolute atomic E-state index is 5.38. The minimum Gasteiger partial charge on any atom is -0.382 e. The molecule has 0 unspecified atom stereocenters. The molecular weight excluding hydrogens is 206 g/mol.